The second kappa shape index (κ2) is 8.56. The SMILES string of the molecule is CC1CCN(c2ccc(Nc3nccc(C(=O)N4CCOCC4)n3)cc2)CC1. The Bertz CT molecular complexity index is 797. The van der Waals surface area contributed by atoms with Crippen LogP contribution in [0.4, 0.5) is 17.3 Å². The van der Waals surface area contributed by atoms with Crippen LogP contribution in [0.5, 0.6) is 0 Å². The van der Waals surface area contributed by atoms with Crippen LogP contribution in [0.1, 0.15) is 30.3 Å². The molecule has 7 nitrogen and oxygen atoms in total. The lowest BCUT2D eigenvalue weighted by atomic mass is 9.99. The molecule has 0 unspecified atom stereocenters. The quantitative estimate of drug-likeness (QED) is 0.878. The Morgan fingerprint density at radius 1 is 1.07 bits per heavy atom. The highest BCUT2D eigenvalue weighted by Gasteiger charge is 2.20. The minimum atomic E-state index is -0.0802. The van der Waals surface area contributed by atoms with Crippen molar-refractivity contribution in [3.05, 3.63) is 42.2 Å². The summed E-state index contributed by atoms with van der Waals surface area (Å²) in [6.45, 7) is 6.90. The fourth-order valence-corrected chi connectivity index (χ4v) is 3.62. The second-order valence-corrected chi connectivity index (χ2v) is 7.51. The van der Waals surface area contributed by atoms with Crippen molar-refractivity contribution in [3.63, 3.8) is 0 Å². The summed E-state index contributed by atoms with van der Waals surface area (Å²) in [6, 6.07) is 9.98. The first-order valence-electron chi connectivity index (χ1n) is 10.0. The van der Waals surface area contributed by atoms with Gasteiger partial charge in [0, 0.05) is 43.8 Å². The number of carbonyl (C=O) groups is 1. The molecule has 3 heterocycles. The van der Waals surface area contributed by atoms with E-state index < -0.39 is 0 Å². The number of morpholine rings is 1. The normalized spacial score (nSPS) is 18.2. The maximum atomic E-state index is 12.6. The van der Waals surface area contributed by atoms with Gasteiger partial charge in [0.05, 0.1) is 13.2 Å². The van der Waals surface area contributed by atoms with Crippen LogP contribution in [-0.4, -0.2) is 60.2 Å². The van der Waals surface area contributed by atoms with Crippen molar-refractivity contribution < 1.29 is 9.53 Å². The van der Waals surface area contributed by atoms with Gasteiger partial charge < -0.3 is 19.9 Å². The Labute approximate surface area is 165 Å². The molecule has 0 atom stereocenters. The van der Waals surface area contributed by atoms with Crippen LogP contribution in [0, 0.1) is 5.92 Å². The molecule has 2 fully saturated rings. The third-order valence-corrected chi connectivity index (χ3v) is 5.45. The van der Waals surface area contributed by atoms with Gasteiger partial charge in [-0.1, -0.05) is 6.92 Å². The number of nitrogens with one attached hydrogen (secondary N) is 1. The molecule has 0 bridgehead atoms. The molecule has 2 aliphatic rings. The largest absolute Gasteiger partial charge is 0.378 e. The molecular formula is C21H27N5O2. The zero-order chi connectivity index (χ0) is 19.3. The summed E-state index contributed by atoms with van der Waals surface area (Å²) in [5.41, 5.74) is 2.55. The van der Waals surface area contributed by atoms with Gasteiger partial charge in [-0.3, -0.25) is 4.79 Å². The molecule has 0 radical (unpaired) electrons. The predicted molar refractivity (Wildman–Crippen MR) is 109 cm³/mol. The van der Waals surface area contributed by atoms with Crippen LogP contribution < -0.4 is 10.2 Å². The first-order valence-corrected chi connectivity index (χ1v) is 10.0. The summed E-state index contributed by atoms with van der Waals surface area (Å²) in [5.74, 6) is 1.17. The third-order valence-electron chi connectivity index (χ3n) is 5.45. The minimum absolute atomic E-state index is 0.0802. The molecule has 0 aliphatic carbocycles. The van der Waals surface area contributed by atoms with E-state index in [1.807, 2.05) is 12.1 Å². The smallest absolute Gasteiger partial charge is 0.272 e. The van der Waals surface area contributed by atoms with Crippen molar-refractivity contribution in [1.29, 1.82) is 0 Å². The number of ether oxygens (including phenoxy) is 1. The van der Waals surface area contributed by atoms with E-state index in [9.17, 15) is 4.79 Å². The molecule has 4 rings (SSSR count). The fourth-order valence-electron chi connectivity index (χ4n) is 3.62. The van der Waals surface area contributed by atoms with E-state index in [-0.39, 0.29) is 5.91 Å². The highest BCUT2D eigenvalue weighted by atomic mass is 16.5. The molecule has 0 saturated carbocycles. The van der Waals surface area contributed by atoms with E-state index in [2.05, 4.69) is 39.2 Å². The first-order chi connectivity index (χ1) is 13.7. The van der Waals surface area contributed by atoms with Crippen LogP contribution in [0.2, 0.25) is 0 Å². The van der Waals surface area contributed by atoms with Crippen LogP contribution in [0.15, 0.2) is 36.5 Å². The molecule has 2 saturated heterocycles. The monoisotopic (exact) mass is 381 g/mol. The summed E-state index contributed by atoms with van der Waals surface area (Å²) in [6.07, 6.45) is 4.11. The van der Waals surface area contributed by atoms with Gasteiger partial charge in [-0.2, -0.15) is 0 Å². The summed E-state index contributed by atoms with van der Waals surface area (Å²) in [5, 5.41) is 3.20. The van der Waals surface area contributed by atoms with E-state index >= 15 is 0 Å². The lowest BCUT2D eigenvalue weighted by Gasteiger charge is -2.32. The van der Waals surface area contributed by atoms with E-state index in [1.54, 1.807) is 17.2 Å². The van der Waals surface area contributed by atoms with E-state index in [1.165, 1.54) is 18.5 Å². The van der Waals surface area contributed by atoms with E-state index in [4.69, 9.17) is 4.74 Å². The molecule has 148 valence electrons. The van der Waals surface area contributed by atoms with Crippen LogP contribution in [0.3, 0.4) is 0 Å². The third kappa shape index (κ3) is 4.42. The number of hydrogen-bond donors (Lipinski definition) is 1. The molecule has 7 heteroatoms. The van der Waals surface area contributed by atoms with Crippen molar-refractivity contribution in [2.75, 3.05) is 49.6 Å². The predicted octanol–water partition coefficient (Wildman–Crippen LogP) is 2.93. The number of benzene rings is 1. The first kappa shape index (κ1) is 18.7. The van der Waals surface area contributed by atoms with Crippen molar-refractivity contribution >= 4 is 23.2 Å². The van der Waals surface area contributed by atoms with Crippen LogP contribution in [-0.2, 0) is 4.74 Å². The maximum absolute atomic E-state index is 12.6. The van der Waals surface area contributed by atoms with Gasteiger partial charge in [-0.15, -0.1) is 0 Å². The highest BCUT2D eigenvalue weighted by Crippen LogP contribution is 2.25. The van der Waals surface area contributed by atoms with Gasteiger partial charge in [0.2, 0.25) is 5.95 Å². The van der Waals surface area contributed by atoms with Crippen molar-refractivity contribution in [3.8, 4) is 0 Å². The maximum Gasteiger partial charge on any atom is 0.272 e. The Morgan fingerprint density at radius 3 is 2.50 bits per heavy atom. The fraction of sp³-hybridized carbons (Fsp3) is 0.476. The molecule has 1 aromatic heterocycles. The summed E-state index contributed by atoms with van der Waals surface area (Å²) >= 11 is 0. The number of rotatable bonds is 4. The van der Waals surface area contributed by atoms with E-state index in [0.717, 1.165) is 24.7 Å². The Kier molecular flexibility index (Phi) is 5.71. The van der Waals surface area contributed by atoms with Crippen LogP contribution >= 0.6 is 0 Å². The Morgan fingerprint density at radius 2 is 1.79 bits per heavy atom. The number of aromatic nitrogens is 2. The van der Waals surface area contributed by atoms with Crippen molar-refractivity contribution in [2.45, 2.75) is 19.8 Å². The molecule has 1 amide bonds. The van der Waals surface area contributed by atoms with Gasteiger partial charge in [0.1, 0.15) is 5.69 Å². The number of anilines is 3. The number of hydrogen-bond acceptors (Lipinski definition) is 6. The molecule has 1 aromatic carbocycles. The molecule has 1 N–H and O–H groups in total. The Balaban J connectivity index is 1.40. The number of amides is 1. The molecule has 2 aliphatic heterocycles. The molecule has 0 spiro atoms. The molecule has 2 aromatic rings. The highest BCUT2D eigenvalue weighted by molar-refractivity contribution is 5.92. The standard InChI is InChI=1S/C21H27N5O2/c1-16-7-10-25(11-8-16)18-4-2-17(3-5-18)23-21-22-9-6-19(24-21)20(27)26-12-14-28-15-13-26/h2-6,9,16H,7-8,10-15H2,1H3,(H,22,23,24). The number of piperidine rings is 1. The lowest BCUT2D eigenvalue weighted by Crippen LogP contribution is -2.41. The van der Waals surface area contributed by atoms with Gasteiger partial charge in [0.15, 0.2) is 0 Å². The number of nitrogens with zero attached hydrogens (tertiary/aromatic N) is 4. The van der Waals surface area contributed by atoms with Gasteiger partial charge >= 0.3 is 0 Å². The van der Waals surface area contributed by atoms with Crippen molar-refractivity contribution in [2.24, 2.45) is 5.92 Å². The second-order valence-electron chi connectivity index (χ2n) is 7.51. The summed E-state index contributed by atoms with van der Waals surface area (Å²) < 4.78 is 5.30. The van der Waals surface area contributed by atoms with Gasteiger partial charge in [-0.05, 0) is 49.1 Å². The van der Waals surface area contributed by atoms with Crippen LogP contribution in [0.25, 0.3) is 0 Å². The topological polar surface area (TPSA) is 70.6 Å². The average molecular weight is 381 g/mol. The summed E-state index contributed by atoms with van der Waals surface area (Å²) in [4.78, 5) is 25.4. The minimum Gasteiger partial charge on any atom is -0.378 e. The molecular weight excluding hydrogens is 354 g/mol. The van der Waals surface area contributed by atoms with E-state index in [0.29, 0.717) is 37.9 Å². The van der Waals surface area contributed by atoms with Crippen molar-refractivity contribution in [1.82, 2.24) is 14.9 Å². The molecule has 28 heavy (non-hydrogen) atoms. The average Bonchev–Trinajstić information content (AvgIpc) is 2.75. The zero-order valence-corrected chi connectivity index (χ0v) is 16.3. The zero-order valence-electron chi connectivity index (χ0n) is 16.3. The lowest BCUT2D eigenvalue weighted by molar-refractivity contribution is 0.0299. The summed E-state index contributed by atoms with van der Waals surface area (Å²) in [7, 11) is 0. The Hall–Kier alpha value is -2.67. The number of carbonyl (C=O) groups excluding carboxylic acids is 1. The van der Waals surface area contributed by atoms with Gasteiger partial charge in [-0.25, -0.2) is 9.97 Å². The van der Waals surface area contributed by atoms with Gasteiger partial charge in [0.25, 0.3) is 5.91 Å².